The Kier molecular flexibility index (Phi) is 3.22. The van der Waals surface area contributed by atoms with Crippen LogP contribution in [0.2, 0.25) is 0 Å². The van der Waals surface area contributed by atoms with Crippen molar-refractivity contribution in [2.45, 2.75) is 13.0 Å². The summed E-state index contributed by atoms with van der Waals surface area (Å²) in [5.41, 5.74) is 1.28. The molecule has 1 aliphatic heterocycles. The van der Waals surface area contributed by atoms with Crippen molar-refractivity contribution < 1.29 is 9.90 Å². The Bertz CT molecular complexity index is 603. The molecule has 0 radical (unpaired) electrons. The van der Waals surface area contributed by atoms with Crippen LogP contribution in [-0.2, 0) is 11.3 Å². The molecule has 1 unspecified atom stereocenters. The molecule has 0 bridgehead atoms. The molecule has 0 aromatic heterocycles. The lowest BCUT2D eigenvalue weighted by atomic mass is 10.0. The molecule has 2 aromatic carbocycles. The van der Waals surface area contributed by atoms with E-state index in [9.17, 15) is 4.79 Å². The number of aliphatic carboxylic acids is 1. The number of hydrogen-bond acceptors (Lipinski definition) is 2. The minimum atomic E-state index is -0.666. The molecule has 1 saturated heterocycles. The van der Waals surface area contributed by atoms with Crippen molar-refractivity contribution in [3.8, 4) is 0 Å². The Balaban J connectivity index is 1.81. The number of benzene rings is 2. The Morgan fingerprint density at radius 1 is 1.21 bits per heavy atom. The van der Waals surface area contributed by atoms with Crippen molar-refractivity contribution in [1.82, 2.24) is 4.90 Å². The summed E-state index contributed by atoms with van der Waals surface area (Å²) in [4.78, 5) is 13.2. The van der Waals surface area contributed by atoms with Gasteiger partial charge in [-0.2, -0.15) is 0 Å². The van der Waals surface area contributed by atoms with Crippen LogP contribution in [0, 0.1) is 5.92 Å². The Morgan fingerprint density at radius 3 is 2.79 bits per heavy atom. The zero-order valence-corrected chi connectivity index (χ0v) is 10.7. The maximum absolute atomic E-state index is 11.0. The van der Waals surface area contributed by atoms with Crippen LogP contribution in [0.4, 0.5) is 0 Å². The van der Waals surface area contributed by atoms with Crippen molar-refractivity contribution >= 4 is 16.7 Å². The summed E-state index contributed by atoms with van der Waals surface area (Å²) in [6, 6.07) is 14.7. The number of rotatable bonds is 3. The SMILES string of the molecule is O=C(O)C1CCN(Cc2cccc3ccccc23)C1. The molecule has 19 heavy (non-hydrogen) atoms. The van der Waals surface area contributed by atoms with E-state index < -0.39 is 5.97 Å². The van der Waals surface area contributed by atoms with Crippen LogP contribution >= 0.6 is 0 Å². The molecule has 1 N–H and O–H groups in total. The molecular formula is C16H17NO2. The first-order chi connectivity index (χ1) is 9.24. The quantitative estimate of drug-likeness (QED) is 0.916. The largest absolute Gasteiger partial charge is 0.481 e. The number of carbonyl (C=O) groups is 1. The highest BCUT2D eigenvalue weighted by atomic mass is 16.4. The molecule has 0 aliphatic carbocycles. The molecule has 0 amide bonds. The molecule has 98 valence electrons. The van der Waals surface area contributed by atoms with Gasteiger partial charge in [-0.05, 0) is 29.3 Å². The highest BCUT2D eigenvalue weighted by Crippen LogP contribution is 2.23. The van der Waals surface area contributed by atoms with Crippen molar-refractivity contribution in [2.24, 2.45) is 5.92 Å². The van der Waals surface area contributed by atoms with E-state index in [0.717, 1.165) is 19.5 Å². The zero-order valence-electron chi connectivity index (χ0n) is 10.7. The normalized spacial score (nSPS) is 19.9. The van der Waals surface area contributed by atoms with Crippen LogP contribution in [0.1, 0.15) is 12.0 Å². The predicted octanol–water partition coefficient (Wildman–Crippen LogP) is 2.75. The number of nitrogens with zero attached hydrogens (tertiary/aromatic N) is 1. The molecule has 1 fully saturated rings. The van der Waals surface area contributed by atoms with Gasteiger partial charge in [0.2, 0.25) is 0 Å². The van der Waals surface area contributed by atoms with Gasteiger partial charge in [0.15, 0.2) is 0 Å². The predicted molar refractivity (Wildman–Crippen MR) is 75.0 cm³/mol. The highest BCUT2D eigenvalue weighted by Gasteiger charge is 2.27. The van der Waals surface area contributed by atoms with Crippen molar-refractivity contribution in [1.29, 1.82) is 0 Å². The fraction of sp³-hybridized carbons (Fsp3) is 0.312. The maximum Gasteiger partial charge on any atom is 0.307 e. The molecular weight excluding hydrogens is 238 g/mol. The highest BCUT2D eigenvalue weighted by molar-refractivity contribution is 5.85. The number of carboxylic acids is 1. The van der Waals surface area contributed by atoms with Crippen LogP contribution in [0.5, 0.6) is 0 Å². The van der Waals surface area contributed by atoms with Gasteiger partial charge in [-0.1, -0.05) is 42.5 Å². The van der Waals surface area contributed by atoms with Crippen LogP contribution in [0.25, 0.3) is 10.8 Å². The zero-order chi connectivity index (χ0) is 13.2. The fourth-order valence-corrected chi connectivity index (χ4v) is 2.85. The first-order valence-electron chi connectivity index (χ1n) is 6.66. The molecule has 0 spiro atoms. The molecule has 1 heterocycles. The van der Waals surface area contributed by atoms with Crippen LogP contribution < -0.4 is 0 Å². The summed E-state index contributed by atoms with van der Waals surface area (Å²) in [6.45, 7) is 2.38. The van der Waals surface area contributed by atoms with Gasteiger partial charge in [-0.3, -0.25) is 9.69 Å². The fourth-order valence-electron chi connectivity index (χ4n) is 2.85. The van der Waals surface area contributed by atoms with Crippen molar-refractivity contribution in [3.05, 3.63) is 48.0 Å². The van der Waals surface area contributed by atoms with Gasteiger partial charge >= 0.3 is 5.97 Å². The van der Waals surface area contributed by atoms with E-state index in [4.69, 9.17) is 5.11 Å². The van der Waals surface area contributed by atoms with Crippen molar-refractivity contribution in [3.63, 3.8) is 0 Å². The second-order valence-electron chi connectivity index (χ2n) is 5.20. The summed E-state index contributed by atoms with van der Waals surface area (Å²) in [5, 5.41) is 11.6. The molecule has 1 atom stereocenters. The van der Waals surface area contributed by atoms with Crippen LogP contribution in [-0.4, -0.2) is 29.1 Å². The second-order valence-corrected chi connectivity index (χ2v) is 5.20. The van der Waals surface area contributed by atoms with Gasteiger partial charge in [0.05, 0.1) is 5.92 Å². The Morgan fingerprint density at radius 2 is 2.00 bits per heavy atom. The minimum Gasteiger partial charge on any atom is -0.481 e. The molecule has 1 aliphatic rings. The van der Waals surface area contributed by atoms with E-state index in [-0.39, 0.29) is 5.92 Å². The van der Waals surface area contributed by atoms with E-state index >= 15 is 0 Å². The third-order valence-corrected chi connectivity index (χ3v) is 3.90. The first kappa shape index (κ1) is 12.2. The van der Waals surface area contributed by atoms with Gasteiger partial charge in [-0.15, -0.1) is 0 Å². The lowest BCUT2D eigenvalue weighted by Gasteiger charge is -2.16. The first-order valence-corrected chi connectivity index (χ1v) is 6.66. The minimum absolute atomic E-state index is 0.199. The number of likely N-dealkylation sites (tertiary alicyclic amines) is 1. The summed E-state index contributed by atoms with van der Waals surface area (Å²) >= 11 is 0. The summed E-state index contributed by atoms with van der Waals surface area (Å²) in [7, 11) is 0. The van der Waals surface area contributed by atoms with E-state index in [1.807, 2.05) is 6.07 Å². The average molecular weight is 255 g/mol. The lowest BCUT2D eigenvalue weighted by molar-refractivity contribution is -0.141. The number of carboxylic acid groups (broad SMARTS) is 1. The van der Waals surface area contributed by atoms with Crippen molar-refractivity contribution in [2.75, 3.05) is 13.1 Å². The summed E-state index contributed by atoms with van der Waals surface area (Å²) in [6.07, 6.45) is 0.764. The van der Waals surface area contributed by atoms with Gasteiger partial charge in [0.1, 0.15) is 0 Å². The maximum atomic E-state index is 11.0. The van der Waals surface area contributed by atoms with E-state index in [0.29, 0.717) is 6.54 Å². The topological polar surface area (TPSA) is 40.5 Å². The molecule has 3 rings (SSSR count). The standard InChI is InChI=1S/C16H17NO2/c18-16(19)14-8-9-17(11-14)10-13-6-3-5-12-4-1-2-7-15(12)13/h1-7,14H,8-11H2,(H,18,19). The molecule has 2 aromatic rings. The molecule has 0 saturated carbocycles. The van der Waals surface area contributed by atoms with Crippen LogP contribution in [0.3, 0.4) is 0 Å². The molecule has 3 heteroatoms. The summed E-state index contributed by atoms with van der Waals surface area (Å²) < 4.78 is 0. The monoisotopic (exact) mass is 255 g/mol. The average Bonchev–Trinajstić information content (AvgIpc) is 2.88. The van der Waals surface area contributed by atoms with Crippen LogP contribution in [0.15, 0.2) is 42.5 Å². The molecule has 3 nitrogen and oxygen atoms in total. The number of hydrogen-bond donors (Lipinski definition) is 1. The van der Waals surface area contributed by atoms with Gasteiger partial charge in [0.25, 0.3) is 0 Å². The van der Waals surface area contributed by atoms with E-state index in [2.05, 4.69) is 41.3 Å². The smallest absolute Gasteiger partial charge is 0.307 e. The van der Waals surface area contributed by atoms with Gasteiger partial charge in [-0.25, -0.2) is 0 Å². The van der Waals surface area contributed by atoms with E-state index in [1.54, 1.807) is 0 Å². The van der Waals surface area contributed by atoms with Gasteiger partial charge in [0, 0.05) is 13.1 Å². The van der Waals surface area contributed by atoms with E-state index in [1.165, 1.54) is 16.3 Å². The third-order valence-electron chi connectivity index (χ3n) is 3.90. The van der Waals surface area contributed by atoms with Gasteiger partial charge < -0.3 is 5.11 Å². The Hall–Kier alpha value is -1.87. The summed E-state index contributed by atoms with van der Waals surface area (Å²) in [5.74, 6) is -0.865. The Labute approximate surface area is 112 Å². The third kappa shape index (κ3) is 2.47. The lowest BCUT2D eigenvalue weighted by Crippen LogP contribution is -2.22. The second kappa shape index (κ2) is 5.02. The number of fused-ring (bicyclic) bond motifs is 1.